The number of hydrogen-bond donors (Lipinski definition) is 2. The molecule has 3 N–H and O–H groups in total. The molecule has 0 saturated heterocycles. The Labute approximate surface area is 125 Å². The van der Waals surface area contributed by atoms with E-state index >= 15 is 0 Å². The summed E-state index contributed by atoms with van der Waals surface area (Å²) in [6, 6.07) is 5.29. The molecule has 2 rings (SSSR count). The SMILES string of the molecule is CCCC(NC(=O)c1cc(F)cc(N)c1F)c1cccs1. The summed E-state index contributed by atoms with van der Waals surface area (Å²) >= 11 is 1.51. The highest BCUT2D eigenvalue weighted by Gasteiger charge is 2.20. The lowest BCUT2D eigenvalue weighted by molar-refractivity contribution is 0.0930. The Bertz CT molecular complexity index is 629. The molecule has 2 aromatic rings. The van der Waals surface area contributed by atoms with Crippen LogP contribution in [-0.2, 0) is 0 Å². The molecule has 21 heavy (non-hydrogen) atoms. The van der Waals surface area contributed by atoms with Gasteiger partial charge in [0.1, 0.15) is 5.82 Å². The van der Waals surface area contributed by atoms with Crippen molar-refractivity contribution in [3.63, 3.8) is 0 Å². The van der Waals surface area contributed by atoms with Gasteiger partial charge in [-0.15, -0.1) is 11.3 Å². The number of nitrogens with two attached hydrogens (primary N) is 1. The van der Waals surface area contributed by atoms with Crippen LogP contribution in [0.2, 0.25) is 0 Å². The topological polar surface area (TPSA) is 55.1 Å². The van der Waals surface area contributed by atoms with Gasteiger partial charge in [-0.3, -0.25) is 4.79 Å². The van der Waals surface area contributed by atoms with Gasteiger partial charge in [-0.2, -0.15) is 0 Å². The van der Waals surface area contributed by atoms with Crippen molar-refractivity contribution >= 4 is 22.9 Å². The third-order valence-corrected chi connectivity index (χ3v) is 4.07. The van der Waals surface area contributed by atoms with Gasteiger partial charge in [0.15, 0.2) is 5.82 Å². The van der Waals surface area contributed by atoms with Crippen LogP contribution in [0.5, 0.6) is 0 Å². The zero-order chi connectivity index (χ0) is 15.4. The summed E-state index contributed by atoms with van der Waals surface area (Å²) in [4.78, 5) is 13.2. The van der Waals surface area contributed by atoms with E-state index in [0.29, 0.717) is 0 Å². The maximum Gasteiger partial charge on any atom is 0.254 e. The zero-order valence-corrected chi connectivity index (χ0v) is 12.3. The van der Waals surface area contributed by atoms with Crippen molar-refractivity contribution in [1.29, 1.82) is 0 Å². The van der Waals surface area contributed by atoms with Crippen molar-refractivity contribution in [2.75, 3.05) is 5.73 Å². The van der Waals surface area contributed by atoms with Gasteiger partial charge in [-0.1, -0.05) is 19.4 Å². The predicted octanol–water partition coefficient (Wildman–Crippen LogP) is 3.88. The highest BCUT2D eigenvalue weighted by Crippen LogP contribution is 2.25. The molecule has 6 heteroatoms. The molecule has 1 aromatic heterocycles. The van der Waals surface area contributed by atoms with Crippen LogP contribution in [0.1, 0.15) is 41.0 Å². The monoisotopic (exact) mass is 310 g/mol. The van der Waals surface area contributed by atoms with E-state index in [4.69, 9.17) is 5.73 Å². The molecule has 112 valence electrons. The Hall–Kier alpha value is -1.95. The van der Waals surface area contributed by atoms with Crippen LogP contribution in [0.3, 0.4) is 0 Å². The summed E-state index contributed by atoms with van der Waals surface area (Å²) in [6.07, 6.45) is 1.58. The number of nitrogen functional groups attached to an aromatic ring is 1. The summed E-state index contributed by atoms with van der Waals surface area (Å²) in [7, 11) is 0. The Morgan fingerprint density at radius 3 is 2.81 bits per heavy atom. The number of rotatable bonds is 5. The molecule has 1 heterocycles. The Balaban J connectivity index is 2.23. The number of anilines is 1. The van der Waals surface area contributed by atoms with Gasteiger partial charge in [-0.25, -0.2) is 8.78 Å². The van der Waals surface area contributed by atoms with Gasteiger partial charge in [-0.05, 0) is 30.0 Å². The molecule has 1 aromatic carbocycles. The number of thiophene rings is 1. The third kappa shape index (κ3) is 3.58. The molecule has 1 unspecified atom stereocenters. The summed E-state index contributed by atoms with van der Waals surface area (Å²) in [5.74, 6) is -2.29. The first-order valence-corrected chi connectivity index (χ1v) is 7.49. The van der Waals surface area contributed by atoms with Crippen molar-refractivity contribution in [3.05, 3.63) is 51.7 Å². The summed E-state index contributed by atoms with van der Waals surface area (Å²) in [5.41, 5.74) is 4.61. The second-order valence-electron chi connectivity index (χ2n) is 4.69. The second kappa shape index (κ2) is 6.67. The average Bonchev–Trinajstić information content (AvgIpc) is 2.96. The minimum absolute atomic E-state index is 0.216. The number of nitrogens with one attached hydrogen (secondary N) is 1. The van der Waals surface area contributed by atoms with E-state index in [0.717, 1.165) is 29.9 Å². The van der Waals surface area contributed by atoms with E-state index in [-0.39, 0.29) is 17.3 Å². The highest BCUT2D eigenvalue weighted by atomic mass is 32.1. The molecule has 0 aliphatic heterocycles. The van der Waals surface area contributed by atoms with E-state index in [9.17, 15) is 13.6 Å². The van der Waals surface area contributed by atoms with Crippen molar-refractivity contribution in [3.8, 4) is 0 Å². The maximum atomic E-state index is 13.9. The number of benzene rings is 1. The molecule has 0 saturated carbocycles. The normalized spacial score (nSPS) is 12.1. The van der Waals surface area contributed by atoms with Gasteiger partial charge in [0.2, 0.25) is 0 Å². The molecule has 1 amide bonds. The van der Waals surface area contributed by atoms with Gasteiger partial charge >= 0.3 is 0 Å². The first-order valence-electron chi connectivity index (χ1n) is 6.61. The molecular formula is C15H16F2N2OS. The van der Waals surface area contributed by atoms with Crippen LogP contribution in [0.25, 0.3) is 0 Å². The van der Waals surface area contributed by atoms with Crippen molar-refractivity contribution in [1.82, 2.24) is 5.32 Å². The van der Waals surface area contributed by atoms with E-state index in [2.05, 4.69) is 5.32 Å². The number of amides is 1. The number of carbonyl (C=O) groups excluding carboxylic acids is 1. The fourth-order valence-corrected chi connectivity index (χ4v) is 2.89. The third-order valence-electron chi connectivity index (χ3n) is 3.08. The molecular weight excluding hydrogens is 294 g/mol. The minimum atomic E-state index is -0.893. The Morgan fingerprint density at radius 1 is 1.43 bits per heavy atom. The standard InChI is InChI=1S/C15H16F2N2OS/c1-2-4-12(13-5-3-6-21-13)19-15(20)10-7-9(16)8-11(18)14(10)17/h3,5-8,12H,2,4,18H2,1H3,(H,19,20). The second-order valence-corrected chi connectivity index (χ2v) is 5.67. The Morgan fingerprint density at radius 2 is 2.19 bits per heavy atom. The van der Waals surface area contributed by atoms with E-state index < -0.39 is 17.5 Å². The van der Waals surface area contributed by atoms with Gasteiger partial charge < -0.3 is 11.1 Å². The molecule has 0 spiro atoms. The van der Waals surface area contributed by atoms with Gasteiger partial charge in [0.25, 0.3) is 5.91 Å². The maximum absolute atomic E-state index is 13.9. The molecule has 0 radical (unpaired) electrons. The summed E-state index contributed by atoms with van der Waals surface area (Å²) in [6.45, 7) is 1.99. The lowest BCUT2D eigenvalue weighted by atomic mass is 10.1. The van der Waals surface area contributed by atoms with E-state index in [1.165, 1.54) is 11.3 Å². The van der Waals surface area contributed by atoms with Crippen LogP contribution in [-0.4, -0.2) is 5.91 Å². The van der Waals surface area contributed by atoms with Crippen molar-refractivity contribution < 1.29 is 13.6 Å². The van der Waals surface area contributed by atoms with E-state index in [1.54, 1.807) is 0 Å². The van der Waals surface area contributed by atoms with Crippen molar-refractivity contribution in [2.45, 2.75) is 25.8 Å². The molecule has 0 aliphatic carbocycles. The lowest BCUT2D eigenvalue weighted by Crippen LogP contribution is -2.29. The first-order chi connectivity index (χ1) is 10.0. The lowest BCUT2D eigenvalue weighted by Gasteiger charge is -2.17. The predicted molar refractivity (Wildman–Crippen MR) is 80.2 cm³/mol. The molecule has 0 fully saturated rings. The fourth-order valence-electron chi connectivity index (χ4n) is 2.08. The smallest absolute Gasteiger partial charge is 0.254 e. The van der Waals surface area contributed by atoms with Gasteiger partial charge in [0.05, 0.1) is 17.3 Å². The van der Waals surface area contributed by atoms with Crippen molar-refractivity contribution in [2.24, 2.45) is 0 Å². The van der Waals surface area contributed by atoms with Crippen LogP contribution in [0, 0.1) is 11.6 Å². The van der Waals surface area contributed by atoms with Crippen LogP contribution < -0.4 is 11.1 Å². The van der Waals surface area contributed by atoms with E-state index in [1.807, 2.05) is 24.4 Å². The number of halogens is 2. The fraction of sp³-hybridized carbons (Fsp3) is 0.267. The summed E-state index contributed by atoms with van der Waals surface area (Å²) in [5, 5.41) is 4.65. The summed E-state index contributed by atoms with van der Waals surface area (Å²) < 4.78 is 27.2. The molecule has 1 atom stereocenters. The Kier molecular flexibility index (Phi) is 4.90. The van der Waals surface area contributed by atoms with Crippen LogP contribution in [0.4, 0.5) is 14.5 Å². The number of carbonyl (C=O) groups is 1. The highest BCUT2D eigenvalue weighted by molar-refractivity contribution is 7.10. The quantitative estimate of drug-likeness (QED) is 0.823. The molecule has 0 bridgehead atoms. The first kappa shape index (κ1) is 15.4. The molecule has 0 aliphatic rings. The van der Waals surface area contributed by atoms with Gasteiger partial charge in [0, 0.05) is 4.88 Å². The average molecular weight is 310 g/mol. The minimum Gasteiger partial charge on any atom is -0.396 e. The van der Waals surface area contributed by atoms with Crippen LogP contribution in [0.15, 0.2) is 29.6 Å². The van der Waals surface area contributed by atoms with Crippen LogP contribution >= 0.6 is 11.3 Å². The largest absolute Gasteiger partial charge is 0.396 e. The zero-order valence-electron chi connectivity index (χ0n) is 11.5. The number of hydrogen-bond acceptors (Lipinski definition) is 3. The molecule has 3 nitrogen and oxygen atoms in total.